The lowest BCUT2D eigenvalue weighted by Gasteiger charge is -2.58. The van der Waals surface area contributed by atoms with Crippen molar-refractivity contribution in [3.63, 3.8) is 0 Å². The van der Waals surface area contributed by atoms with Crippen molar-refractivity contribution in [2.24, 2.45) is 46.7 Å². The van der Waals surface area contributed by atoms with Crippen LogP contribution in [0.15, 0.2) is 0 Å². The summed E-state index contributed by atoms with van der Waals surface area (Å²) >= 11 is 0. The summed E-state index contributed by atoms with van der Waals surface area (Å²) in [5.41, 5.74) is 7.22. The Kier molecular flexibility index (Phi) is 2.45. The first-order valence-electron chi connectivity index (χ1n) is 8.35. The maximum atomic E-state index is 6.64. The SMILES string of the molecule is CC(C)C(N)C1(C2C3CC4CC(C3)CC2C4)CC1. The molecule has 0 aromatic heterocycles. The summed E-state index contributed by atoms with van der Waals surface area (Å²) < 4.78 is 0. The summed E-state index contributed by atoms with van der Waals surface area (Å²) in [7, 11) is 0. The fraction of sp³-hybridized carbons (Fsp3) is 1.00. The minimum absolute atomic E-state index is 0.472. The molecular weight excluding hydrogens is 218 g/mol. The van der Waals surface area contributed by atoms with Crippen molar-refractivity contribution in [3.05, 3.63) is 0 Å². The lowest BCUT2D eigenvalue weighted by atomic mass is 9.48. The molecule has 5 saturated carbocycles. The largest absolute Gasteiger partial charge is 0.327 e. The van der Waals surface area contributed by atoms with E-state index in [4.69, 9.17) is 5.73 Å². The highest BCUT2D eigenvalue weighted by Crippen LogP contribution is 2.68. The average molecular weight is 247 g/mol. The maximum absolute atomic E-state index is 6.64. The van der Waals surface area contributed by atoms with E-state index >= 15 is 0 Å². The highest BCUT2D eigenvalue weighted by molar-refractivity contribution is 5.13. The molecule has 0 heterocycles. The third-order valence-corrected chi connectivity index (χ3v) is 7.10. The first-order valence-corrected chi connectivity index (χ1v) is 8.35. The van der Waals surface area contributed by atoms with Gasteiger partial charge in [0.2, 0.25) is 0 Å². The summed E-state index contributed by atoms with van der Waals surface area (Å²) in [4.78, 5) is 0. The molecule has 0 radical (unpaired) electrons. The van der Waals surface area contributed by atoms with Crippen LogP contribution in [0.1, 0.15) is 58.8 Å². The Bertz CT molecular complexity index is 314. The zero-order valence-electron chi connectivity index (χ0n) is 12.1. The Hall–Kier alpha value is -0.0400. The summed E-state index contributed by atoms with van der Waals surface area (Å²) in [6.07, 6.45) is 10.7. The van der Waals surface area contributed by atoms with Crippen molar-refractivity contribution in [2.75, 3.05) is 0 Å². The third kappa shape index (κ3) is 1.49. The quantitative estimate of drug-likeness (QED) is 0.806. The van der Waals surface area contributed by atoms with Gasteiger partial charge in [0.1, 0.15) is 0 Å². The van der Waals surface area contributed by atoms with E-state index in [1.807, 2.05) is 0 Å². The van der Waals surface area contributed by atoms with Gasteiger partial charge in [-0.05, 0) is 85.9 Å². The third-order valence-electron chi connectivity index (χ3n) is 7.10. The topological polar surface area (TPSA) is 26.0 Å². The molecule has 0 amide bonds. The maximum Gasteiger partial charge on any atom is 0.0122 e. The summed E-state index contributed by atoms with van der Waals surface area (Å²) in [5.74, 6) is 6.03. The second-order valence-electron chi connectivity index (χ2n) is 8.46. The van der Waals surface area contributed by atoms with Crippen molar-refractivity contribution in [1.82, 2.24) is 0 Å². The number of hydrogen-bond acceptors (Lipinski definition) is 1. The van der Waals surface area contributed by atoms with Gasteiger partial charge in [-0.3, -0.25) is 0 Å². The standard InChI is InChI=1S/C17H29N/c1-10(2)16(18)17(3-4-17)15-13-6-11-5-12(8-13)9-14(15)7-11/h10-16H,3-9,18H2,1-2H3. The van der Waals surface area contributed by atoms with Crippen LogP contribution in [0.4, 0.5) is 0 Å². The van der Waals surface area contributed by atoms with Gasteiger partial charge in [-0.1, -0.05) is 13.8 Å². The molecule has 5 aliphatic rings. The van der Waals surface area contributed by atoms with E-state index in [1.54, 1.807) is 32.1 Å². The van der Waals surface area contributed by atoms with Gasteiger partial charge in [0, 0.05) is 6.04 Å². The van der Waals surface area contributed by atoms with Crippen LogP contribution in [0.25, 0.3) is 0 Å². The Balaban J connectivity index is 1.62. The molecule has 1 heteroatoms. The van der Waals surface area contributed by atoms with E-state index in [0.717, 1.165) is 29.6 Å². The van der Waals surface area contributed by atoms with Gasteiger partial charge in [0.15, 0.2) is 0 Å². The first kappa shape index (κ1) is 11.8. The molecule has 5 fully saturated rings. The summed E-state index contributed by atoms with van der Waals surface area (Å²) in [6, 6.07) is 0.472. The molecule has 0 aliphatic heterocycles. The van der Waals surface area contributed by atoms with E-state index in [9.17, 15) is 0 Å². The van der Waals surface area contributed by atoms with Crippen LogP contribution < -0.4 is 5.73 Å². The van der Waals surface area contributed by atoms with Gasteiger partial charge in [-0.15, -0.1) is 0 Å². The first-order chi connectivity index (χ1) is 8.60. The molecule has 0 aromatic carbocycles. The van der Waals surface area contributed by atoms with Gasteiger partial charge in [-0.25, -0.2) is 0 Å². The van der Waals surface area contributed by atoms with Gasteiger partial charge in [-0.2, -0.15) is 0 Å². The zero-order chi connectivity index (χ0) is 12.5. The Morgan fingerprint density at radius 1 is 0.889 bits per heavy atom. The van der Waals surface area contributed by atoms with Gasteiger partial charge in [0.25, 0.3) is 0 Å². The Morgan fingerprint density at radius 3 is 1.78 bits per heavy atom. The molecule has 5 aliphatic carbocycles. The molecule has 18 heavy (non-hydrogen) atoms. The molecule has 0 saturated heterocycles. The molecule has 0 spiro atoms. The number of hydrogen-bond donors (Lipinski definition) is 1. The van der Waals surface area contributed by atoms with Crippen molar-refractivity contribution in [1.29, 1.82) is 0 Å². The highest BCUT2D eigenvalue weighted by Gasteiger charge is 2.62. The minimum Gasteiger partial charge on any atom is -0.327 e. The van der Waals surface area contributed by atoms with Crippen molar-refractivity contribution in [2.45, 2.75) is 64.8 Å². The van der Waals surface area contributed by atoms with Crippen molar-refractivity contribution < 1.29 is 0 Å². The zero-order valence-corrected chi connectivity index (χ0v) is 12.1. The van der Waals surface area contributed by atoms with Crippen LogP contribution in [0, 0.1) is 40.9 Å². The van der Waals surface area contributed by atoms with E-state index < -0.39 is 0 Å². The van der Waals surface area contributed by atoms with Crippen molar-refractivity contribution in [3.8, 4) is 0 Å². The Labute approximate surface area is 112 Å². The Morgan fingerprint density at radius 2 is 1.39 bits per heavy atom. The van der Waals surface area contributed by atoms with Crippen LogP contribution in [-0.4, -0.2) is 6.04 Å². The molecule has 1 nitrogen and oxygen atoms in total. The van der Waals surface area contributed by atoms with Crippen LogP contribution in [0.5, 0.6) is 0 Å². The van der Waals surface area contributed by atoms with Crippen LogP contribution in [0.3, 0.4) is 0 Å². The lowest BCUT2D eigenvalue weighted by molar-refractivity contribution is -0.0769. The van der Waals surface area contributed by atoms with Crippen LogP contribution >= 0.6 is 0 Å². The number of nitrogens with two attached hydrogens (primary N) is 1. The fourth-order valence-corrected chi connectivity index (χ4v) is 6.56. The second-order valence-corrected chi connectivity index (χ2v) is 8.46. The summed E-state index contributed by atoms with van der Waals surface area (Å²) in [5, 5.41) is 0. The fourth-order valence-electron chi connectivity index (χ4n) is 6.56. The predicted molar refractivity (Wildman–Crippen MR) is 75.0 cm³/mol. The predicted octanol–water partition coefficient (Wildman–Crippen LogP) is 3.82. The van der Waals surface area contributed by atoms with E-state index in [1.165, 1.54) is 12.8 Å². The molecule has 102 valence electrons. The van der Waals surface area contributed by atoms with Crippen LogP contribution in [-0.2, 0) is 0 Å². The van der Waals surface area contributed by atoms with Gasteiger partial charge in [0.05, 0.1) is 0 Å². The monoisotopic (exact) mass is 247 g/mol. The van der Waals surface area contributed by atoms with Gasteiger partial charge < -0.3 is 5.73 Å². The molecule has 4 bridgehead atoms. The lowest BCUT2D eigenvalue weighted by Crippen LogP contribution is -2.53. The molecule has 1 unspecified atom stereocenters. The van der Waals surface area contributed by atoms with E-state index in [2.05, 4.69) is 13.8 Å². The second kappa shape index (κ2) is 3.75. The smallest absolute Gasteiger partial charge is 0.0122 e. The summed E-state index contributed by atoms with van der Waals surface area (Å²) in [6.45, 7) is 4.67. The average Bonchev–Trinajstić information content (AvgIpc) is 3.08. The molecule has 0 aromatic rings. The molecule has 2 N–H and O–H groups in total. The molecule has 1 atom stereocenters. The minimum atomic E-state index is 0.472. The highest BCUT2D eigenvalue weighted by atomic mass is 14.8. The van der Waals surface area contributed by atoms with Gasteiger partial charge >= 0.3 is 0 Å². The van der Waals surface area contributed by atoms with E-state index in [0.29, 0.717) is 17.4 Å². The van der Waals surface area contributed by atoms with Crippen molar-refractivity contribution >= 4 is 0 Å². The molecule has 5 rings (SSSR count). The molecular formula is C17H29N. The van der Waals surface area contributed by atoms with E-state index in [-0.39, 0.29) is 0 Å². The normalized spacial score (nSPS) is 49.7. The van der Waals surface area contributed by atoms with Crippen LogP contribution in [0.2, 0.25) is 0 Å². The number of rotatable bonds is 3.